The van der Waals surface area contributed by atoms with Crippen LogP contribution in [0, 0.1) is 14.2 Å². The predicted molar refractivity (Wildman–Crippen MR) is 77.9 cm³/mol. The Morgan fingerprint density at radius 3 is 2.89 bits per heavy atom. The fourth-order valence-electron chi connectivity index (χ4n) is 1.85. The van der Waals surface area contributed by atoms with E-state index in [0.29, 0.717) is 19.7 Å². The van der Waals surface area contributed by atoms with E-state index in [1.165, 1.54) is 6.07 Å². The van der Waals surface area contributed by atoms with Crippen molar-refractivity contribution in [3.8, 4) is 5.82 Å². The number of hydrogen-bond acceptors (Lipinski definition) is 2. The van der Waals surface area contributed by atoms with Crippen molar-refractivity contribution >= 4 is 45.8 Å². The molecule has 0 unspecified atom stereocenters. The van der Waals surface area contributed by atoms with E-state index in [4.69, 9.17) is 12.2 Å². The molecule has 0 amide bonds. The molecule has 0 aliphatic carbocycles. The number of hydrogen-bond donors (Lipinski definition) is 1. The van der Waals surface area contributed by atoms with Crippen molar-refractivity contribution in [2.24, 2.45) is 7.05 Å². The van der Waals surface area contributed by atoms with Crippen LogP contribution in [0.1, 0.15) is 0 Å². The smallest absolute Gasteiger partial charge is 0.184 e. The van der Waals surface area contributed by atoms with Gasteiger partial charge in [-0.2, -0.15) is 5.10 Å². The highest BCUT2D eigenvalue weighted by Crippen LogP contribution is 2.22. The molecule has 0 radical (unpaired) electrons. The van der Waals surface area contributed by atoms with Gasteiger partial charge in [0.25, 0.3) is 0 Å². The van der Waals surface area contributed by atoms with E-state index < -0.39 is 0 Å². The maximum absolute atomic E-state index is 13.7. The maximum Gasteiger partial charge on any atom is 0.184 e. The van der Waals surface area contributed by atoms with Gasteiger partial charge in [0.15, 0.2) is 10.6 Å². The number of benzene rings is 1. The van der Waals surface area contributed by atoms with E-state index in [9.17, 15) is 4.39 Å². The van der Waals surface area contributed by atoms with Gasteiger partial charge in [0.2, 0.25) is 0 Å². The number of H-pyrrole nitrogens is 1. The second-order valence-electron chi connectivity index (χ2n) is 3.90. The Morgan fingerprint density at radius 2 is 2.22 bits per heavy atom. The van der Waals surface area contributed by atoms with Crippen LogP contribution >= 0.6 is 34.8 Å². The molecular formula is C11H8FIN4S. The first-order valence-corrected chi connectivity index (χ1v) is 6.65. The third-order valence-corrected chi connectivity index (χ3v) is 3.76. The second kappa shape index (κ2) is 4.16. The summed E-state index contributed by atoms with van der Waals surface area (Å²) in [6.07, 6.45) is 1.82. The zero-order chi connectivity index (χ0) is 12.9. The monoisotopic (exact) mass is 374 g/mol. The standard InChI is InChI=1S/C11H8FIN4S/c1-16-3-2-10(15-16)17-9-4-6(12)7(13)5-8(9)14-11(17)18/h2-5H,1H3,(H,14,18). The first-order chi connectivity index (χ1) is 8.56. The lowest BCUT2D eigenvalue weighted by Crippen LogP contribution is -1.97. The van der Waals surface area contributed by atoms with E-state index in [-0.39, 0.29) is 5.82 Å². The Morgan fingerprint density at radius 1 is 1.44 bits per heavy atom. The Kier molecular flexibility index (Phi) is 2.74. The Balaban J connectivity index is 2.38. The summed E-state index contributed by atoms with van der Waals surface area (Å²) in [7, 11) is 1.82. The highest BCUT2D eigenvalue weighted by Gasteiger charge is 2.11. The highest BCUT2D eigenvalue weighted by molar-refractivity contribution is 14.1. The molecule has 4 nitrogen and oxygen atoms in total. The van der Waals surface area contributed by atoms with Gasteiger partial charge in [-0.15, -0.1) is 0 Å². The van der Waals surface area contributed by atoms with E-state index in [0.717, 1.165) is 5.52 Å². The van der Waals surface area contributed by atoms with Crippen LogP contribution < -0.4 is 0 Å². The number of aryl methyl sites for hydroxylation is 1. The molecule has 1 aromatic carbocycles. The van der Waals surface area contributed by atoms with E-state index >= 15 is 0 Å². The third kappa shape index (κ3) is 1.77. The fourth-order valence-corrected chi connectivity index (χ4v) is 2.62. The zero-order valence-electron chi connectivity index (χ0n) is 9.32. The van der Waals surface area contributed by atoms with Crippen molar-refractivity contribution < 1.29 is 4.39 Å². The highest BCUT2D eigenvalue weighted by atomic mass is 127. The summed E-state index contributed by atoms with van der Waals surface area (Å²) in [4.78, 5) is 3.06. The number of aromatic nitrogens is 4. The van der Waals surface area contributed by atoms with Crippen LogP contribution in [0.3, 0.4) is 0 Å². The summed E-state index contributed by atoms with van der Waals surface area (Å²) in [6, 6.07) is 5.04. The number of aromatic amines is 1. The van der Waals surface area contributed by atoms with Crippen LogP contribution in [-0.2, 0) is 7.05 Å². The van der Waals surface area contributed by atoms with Gasteiger partial charge in [-0.1, -0.05) is 0 Å². The van der Waals surface area contributed by atoms with Crippen molar-refractivity contribution in [1.82, 2.24) is 19.3 Å². The Bertz CT molecular complexity index is 801. The first kappa shape index (κ1) is 11.8. The first-order valence-electron chi connectivity index (χ1n) is 5.16. The number of nitrogens with zero attached hydrogens (tertiary/aromatic N) is 3. The van der Waals surface area contributed by atoms with Gasteiger partial charge in [0, 0.05) is 25.4 Å². The van der Waals surface area contributed by atoms with Gasteiger partial charge < -0.3 is 4.98 Å². The lowest BCUT2D eigenvalue weighted by molar-refractivity contribution is 0.621. The summed E-state index contributed by atoms with van der Waals surface area (Å²) in [6.45, 7) is 0. The molecule has 0 aliphatic heterocycles. The molecule has 7 heteroatoms. The number of imidazole rings is 1. The molecule has 0 spiro atoms. The van der Waals surface area contributed by atoms with Gasteiger partial charge in [-0.3, -0.25) is 9.25 Å². The molecule has 18 heavy (non-hydrogen) atoms. The number of rotatable bonds is 1. The van der Waals surface area contributed by atoms with Crippen LogP contribution in [0.2, 0.25) is 0 Å². The quantitative estimate of drug-likeness (QED) is 0.525. The van der Waals surface area contributed by atoms with Gasteiger partial charge in [-0.25, -0.2) is 4.39 Å². The van der Waals surface area contributed by atoms with E-state index in [2.05, 4.69) is 10.1 Å². The molecule has 3 rings (SSSR count). The minimum Gasteiger partial charge on any atom is -0.330 e. The molecule has 0 fully saturated rings. The molecule has 2 aromatic heterocycles. The molecule has 0 saturated carbocycles. The molecule has 1 N–H and O–H groups in total. The number of halogens is 2. The number of nitrogens with one attached hydrogen (secondary N) is 1. The Hall–Kier alpha value is -1.22. The van der Waals surface area contributed by atoms with Crippen LogP contribution in [0.15, 0.2) is 24.4 Å². The van der Waals surface area contributed by atoms with Crippen LogP contribution in [0.4, 0.5) is 4.39 Å². The minimum absolute atomic E-state index is 0.262. The fraction of sp³-hybridized carbons (Fsp3) is 0.0909. The average Bonchev–Trinajstić information content (AvgIpc) is 2.83. The zero-order valence-corrected chi connectivity index (χ0v) is 12.3. The largest absolute Gasteiger partial charge is 0.330 e. The van der Waals surface area contributed by atoms with Crippen LogP contribution in [-0.4, -0.2) is 19.3 Å². The average molecular weight is 374 g/mol. The molecule has 92 valence electrons. The Labute approximate surface area is 121 Å². The van der Waals surface area contributed by atoms with Crippen molar-refractivity contribution in [3.63, 3.8) is 0 Å². The molecule has 0 aliphatic rings. The van der Waals surface area contributed by atoms with Gasteiger partial charge in [-0.05, 0) is 40.9 Å². The van der Waals surface area contributed by atoms with Crippen LogP contribution in [0.25, 0.3) is 16.9 Å². The molecule has 0 atom stereocenters. The lowest BCUT2D eigenvalue weighted by Gasteiger charge is -2.00. The lowest BCUT2D eigenvalue weighted by atomic mass is 10.3. The summed E-state index contributed by atoms with van der Waals surface area (Å²) in [5.41, 5.74) is 1.49. The third-order valence-electron chi connectivity index (χ3n) is 2.65. The molecule has 3 aromatic rings. The molecule has 2 heterocycles. The van der Waals surface area contributed by atoms with Crippen molar-refractivity contribution in [2.45, 2.75) is 0 Å². The maximum atomic E-state index is 13.7. The normalized spacial score (nSPS) is 11.3. The number of fused-ring (bicyclic) bond motifs is 1. The van der Waals surface area contributed by atoms with Gasteiger partial charge >= 0.3 is 0 Å². The minimum atomic E-state index is -0.262. The van der Waals surface area contributed by atoms with Crippen molar-refractivity contribution in [2.75, 3.05) is 0 Å². The van der Waals surface area contributed by atoms with E-state index in [1.807, 2.05) is 41.9 Å². The summed E-state index contributed by atoms with van der Waals surface area (Å²) >= 11 is 7.22. The topological polar surface area (TPSA) is 38.5 Å². The predicted octanol–water partition coefficient (Wildman–Crippen LogP) is 3.17. The molecule has 0 bridgehead atoms. The van der Waals surface area contributed by atoms with Gasteiger partial charge in [0.05, 0.1) is 14.6 Å². The molecular weight excluding hydrogens is 366 g/mol. The summed E-state index contributed by atoms with van der Waals surface area (Å²) in [5.74, 6) is 0.413. The summed E-state index contributed by atoms with van der Waals surface area (Å²) < 4.78 is 18.1. The van der Waals surface area contributed by atoms with Crippen molar-refractivity contribution in [1.29, 1.82) is 0 Å². The van der Waals surface area contributed by atoms with E-state index in [1.54, 1.807) is 15.3 Å². The van der Waals surface area contributed by atoms with Gasteiger partial charge in [0.1, 0.15) is 5.82 Å². The molecule has 0 saturated heterocycles. The second-order valence-corrected chi connectivity index (χ2v) is 5.45. The van der Waals surface area contributed by atoms with Crippen LogP contribution in [0.5, 0.6) is 0 Å². The van der Waals surface area contributed by atoms with Crippen molar-refractivity contribution in [3.05, 3.63) is 38.6 Å². The summed E-state index contributed by atoms with van der Waals surface area (Å²) in [5, 5.41) is 4.28. The SMILES string of the molecule is Cn1ccc(-n2c(=S)[nH]c3cc(I)c(F)cc32)n1.